The summed E-state index contributed by atoms with van der Waals surface area (Å²) < 4.78 is 1.20. The van der Waals surface area contributed by atoms with Gasteiger partial charge < -0.3 is 5.11 Å². The lowest BCUT2D eigenvalue weighted by Gasteiger charge is -2.03. The highest BCUT2D eigenvalue weighted by molar-refractivity contribution is 14.1. The number of hydrogen-bond acceptors (Lipinski definition) is 2. The van der Waals surface area contributed by atoms with Gasteiger partial charge in [0.1, 0.15) is 0 Å². The number of aliphatic hydroxyl groups excluding tert-OH is 1. The van der Waals surface area contributed by atoms with Crippen LogP contribution < -0.4 is 0 Å². The van der Waals surface area contributed by atoms with Crippen molar-refractivity contribution in [1.82, 2.24) is 0 Å². The average Bonchev–Trinajstić information content (AvgIpc) is 2.36. The number of hydrogen-bond donors (Lipinski definition) is 1. The van der Waals surface area contributed by atoms with E-state index in [-0.39, 0.29) is 6.10 Å². The Morgan fingerprint density at radius 2 is 2.36 bits per heavy atom. The second-order valence-electron chi connectivity index (χ2n) is 2.14. The molecule has 11 heavy (non-hydrogen) atoms. The molecule has 0 amide bonds. The largest absolute Gasteiger partial charge is 0.388 e. The van der Waals surface area contributed by atoms with E-state index in [1.165, 1.54) is 2.88 Å². The maximum Gasteiger partial charge on any atom is 0.0893 e. The molecule has 4 heteroatoms. The lowest BCUT2D eigenvalue weighted by atomic mass is 10.2. The topological polar surface area (TPSA) is 20.2 Å². The Bertz CT molecular complexity index is 226. The van der Waals surface area contributed by atoms with E-state index in [0.29, 0.717) is 12.3 Å². The molecule has 1 N–H and O–H groups in total. The summed E-state index contributed by atoms with van der Waals surface area (Å²) in [6.45, 7) is 0. The highest BCUT2D eigenvalue weighted by Gasteiger charge is 2.08. The molecule has 1 nitrogen and oxygen atoms in total. The third-order valence-corrected chi connectivity index (χ3v) is 3.52. The van der Waals surface area contributed by atoms with Gasteiger partial charge in [0, 0.05) is 10.8 Å². The highest BCUT2D eigenvalue weighted by atomic mass is 127. The zero-order valence-corrected chi connectivity index (χ0v) is 9.49. The SMILES string of the molecule is O[C@H](CCCl)c1ccc(I)s1. The van der Waals surface area contributed by atoms with Crippen molar-refractivity contribution in [3.63, 3.8) is 0 Å². The predicted octanol–water partition coefficient (Wildman–Crippen LogP) is 3.02. The molecular weight excluding hydrogens is 294 g/mol. The molecule has 0 fully saturated rings. The normalized spacial score (nSPS) is 13.4. The van der Waals surface area contributed by atoms with E-state index in [1.54, 1.807) is 11.3 Å². The summed E-state index contributed by atoms with van der Waals surface area (Å²) in [5.74, 6) is 0.510. The minimum Gasteiger partial charge on any atom is -0.388 e. The fourth-order valence-electron chi connectivity index (χ4n) is 0.753. The van der Waals surface area contributed by atoms with Crippen LogP contribution in [0.5, 0.6) is 0 Å². The summed E-state index contributed by atoms with van der Waals surface area (Å²) in [6.07, 6.45) is 0.263. The zero-order valence-electron chi connectivity index (χ0n) is 5.76. The molecule has 0 bridgehead atoms. The Hall–Kier alpha value is 0.680. The van der Waals surface area contributed by atoms with Crippen LogP contribution in [-0.4, -0.2) is 11.0 Å². The van der Waals surface area contributed by atoms with Crippen LogP contribution in [0.1, 0.15) is 17.4 Å². The molecule has 1 heterocycles. The predicted molar refractivity (Wildman–Crippen MR) is 57.3 cm³/mol. The average molecular weight is 303 g/mol. The molecule has 0 saturated carbocycles. The van der Waals surface area contributed by atoms with Gasteiger partial charge in [-0.1, -0.05) is 0 Å². The van der Waals surface area contributed by atoms with E-state index in [4.69, 9.17) is 11.6 Å². The minimum absolute atomic E-state index is 0.374. The third-order valence-electron chi connectivity index (χ3n) is 1.30. The Balaban J connectivity index is 2.60. The van der Waals surface area contributed by atoms with E-state index in [2.05, 4.69) is 22.6 Å². The number of rotatable bonds is 3. The van der Waals surface area contributed by atoms with Gasteiger partial charge in [-0.2, -0.15) is 0 Å². The van der Waals surface area contributed by atoms with E-state index in [1.807, 2.05) is 12.1 Å². The number of alkyl halides is 1. The van der Waals surface area contributed by atoms with Crippen molar-refractivity contribution in [3.8, 4) is 0 Å². The molecule has 62 valence electrons. The third kappa shape index (κ3) is 2.89. The number of thiophene rings is 1. The Morgan fingerprint density at radius 3 is 2.82 bits per heavy atom. The number of aliphatic hydroxyl groups is 1. The zero-order chi connectivity index (χ0) is 8.27. The summed E-state index contributed by atoms with van der Waals surface area (Å²) in [7, 11) is 0. The van der Waals surface area contributed by atoms with E-state index < -0.39 is 0 Å². The van der Waals surface area contributed by atoms with E-state index in [0.717, 1.165) is 4.88 Å². The smallest absolute Gasteiger partial charge is 0.0893 e. The lowest BCUT2D eigenvalue weighted by Crippen LogP contribution is -1.94. The maximum atomic E-state index is 9.46. The quantitative estimate of drug-likeness (QED) is 0.672. The van der Waals surface area contributed by atoms with Crippen molar-refractivity contribution in [3.05, 3.63) is 19.9 Å². The molecule has 0 saturated heterocycles. The van der Waals surface area contributed by atoms with Crippen molar-refractivity contribution in [2.75, 3.05) is 5.88 Å². The van der Waals surface area contributed by atoms with Crippen molar-refractivity contribution in [2.24, 2.45) is 0 Å². The molecule has 1 aromatic rings. The first-order valence-electron chi connectivity index (χ1n) is 3.23. The summed E-state index contributed by atoms with van der Waals surface area (Å²) in [4.78, 5) is 1.01. The minimum atomic E-state index is -0.374. The summed E-state index contributed by atoms with van der Waals surface area (Å²) in [5.41, 5.74) is 0. The second-order valence-corrected chi connectivity index (χ2v) is 5.52. The van der Waals surface area contributed by atoms with Gasteiger partial charge in [0.15, 0.2) is 0 Å². The van der Waals surface area contributed by atoms with Crippen LogP contribution in [-0.2, 0) is 0 Å². The molecule has 0 unspecified atom stereocenters. The molecule has 0 aliphatic rings. The highest BCUT2D eigenvalue weighted by Crippen LogP contribution is 2.26. The first kappa shape index (κ1) is 9.77. The van der Waals surface area contributed by atoms with Gasteiger partial charge in [-0.25, -0.2) is 0 Å². The molecular formula is C7H8ClIOS. The summed E-state index contributed by atoms with van der Waals surface area (Å²) in [6, 6.07) is 3.95. The Morgan fingerprint density at radius 1 is 1.64 bits per heavy atom. The summed E-state index contributed by atoms with van der Waals surface area (Å²) >= 11 is 9.35. The van der Waals surface area contributed by atoms with Crippen molar-refractivity contribution >= 4 is 45.5 Å². The van der Waals surface area contributed by atoms with Crippen molar-refractivity contribution in [2.45, 2.75) is 12.5 Å². The van der Waals surface area contributed by atoms with Gasteiger partial charge in [-0.3, -0.25) is 0 Å². The van der Waals surface area contributed by atoms with Gasteiger partial charge in [-0.15, -0.1) is 22.9 Å². The molecule has 0 aliphatic heterocycles. The first-order chi connectivity index (χ1) is 5.24. The standard InChI is InChI=1S/C7H8ClIOS/c8-4-3-5(10)6-1-2-7(9)11-6/h1-2,5,10H,3-4H2/t5-/m1/s1. The van der Waals surface area contributed by atoms with E-state index >= 15 is 0 Å². The van der Waals surface area contributed by atoms with Crippen molar-refractivity contribution in [1.29, 1.82) is 0 Å². The Kier molecular flexibility index (Phi) is 4.12. The Labute approximate surface area is 88.5 Å². The number of halogens is 2. The van der Waals surface area contributed by atoms with Crippen LogP contribution in [0.4, 0.5) is 0 Å². The lowest BCUT2D eigenvalue weighted by molar-refractivity contribution is 0.178. The molecule has 1 aromatic heterocycles. The van der Waals surface area contributed by atoms with Crippen LogP contribution in [0.15, 0.2) is 12.1 Å². The van der Waals surface area contributed by atoms with Gasteiger partial charge in [0.25, 0.3) is 0 Å². The first-order valence-corrected chi connectivity index (χ1v) is 5.66. The van der Waals surface area contributed by atoms with Gasteiger partial charge in [0.2, 0.25) is 0 Å². The van der Waals surface area contributed by atoms with Gasteiger partial charge in [0.05, 0.1) is 8.99 Å². The van der Waals surface area contributed by atoms with E-state index in [9.17, 15) is 5.11 Å². The van der Waals surface area contributed by atoms with Crippen LogP contribution in [0.25, 0.3) is 0 Å². The fraction of sp³-hybridized carbons (Fsp3) is 0.429. The van der Waals surface area contributed by atoms with Crippen LogP contribution >= 0.6 is 45.5 Å². The fourth-order valence-corrected chi connectivity index (χ4v) is 2.65. The van der Waals surface area contributed by atoms with Crippen LogP contribution in [0, 0.1) is 2.88 Å². The monoisotopic (exact) mass is 302 g/mol. The molecule has 0 radical (unpaired) electrons. The molecule has 0 spiro atoms. The van der Waals surface area contributed by atoms with Crippen molar-refractivity contribution < 1.29 is 5.11 Å². The molecule has 1 rings (SSSR count). The molecule has 1 atom stereocenters. The van der Waals surface area contributed by atoms with Gasteiger partial charge >= 0.3 is 0 Å². The molecule has 0 aromatic carbocycles. The summed E-state index contributed by atoms with van der Waals surface area (Å²) in [5, 5.41) is 9.46. The second kappa shape index (κ2) is 4.64. The van der Waals surface area contributed by atoms with Crippen LogP contribution in [0.2, 0.25) is 0 Å². The molecule has 0 aliphatic carbocycles. The maximum absolute atomic E-state index is 9.46. The van der Waals surface area contributed by atoms with Crippen LogP contribution in [0.3, 0.4) is 0 Å². The van der Waals surface area contributed by atoms with Gasteiger partial charge in [-0.05, 0) is 41.1 Å².